The molecule has 0 saturated carbocycles. The summed E-state index contributed by atoms with van der Waals surface area (Å²) in [5, 5.41) is 2.11. The van der Waals surface area contributed by atoms with Crippen molar-refractivity contribution in [3.63, 3.8) is 0 Å². The molecule has 2 amide bonds. The number of nitrogens with zero attached hydrogens (tertiary/aromatic N) is 1. The number of fused-ring (bicyclic) bond motifs is 1. The van der Waals surface area contributed by atoms with E-state index in [0.29, 0.717) is 17.7 Å². The number of Topliss-reactive ketones (excluding diaryl/α,β-unsaturated/α-hetero) is 1. The number of pyridine rings is 1. The van der Waals surface area contributed by atoms with Gasteiger partial charge in [0, 0.05) is 18.1 Å². The molecule has 3 N–H and O–H groups in total. The van der Waals surface area contributed by atoms with Gasteiger partial charge in [-0.3, -0.25) is 29.1 Å². The van der Waals surface area contributed by atoms with Crippen LogP contribution in [-0.2, 0) is 0 Å². The van der Waals surface area contributed by atoms with Crippen molar-refractivity contribution >= 4 is 23.4 Å². The van der Waals surface area contributed by atoms with E-state index in [2.05, 4.69) is 5.32 Å². The van der Waals surface area contributed by atoms with Gasteiger partial charge < -0.3 is 5.73 Å². The zero-order valence-electron chi connectivity index (χ0n) is 12.3. The minimum Gasteiger partial charge on any atom is -0.384 e. The van der Waals surface area contributed by atoms with Gasteiger partial charge in [0.15, 0.2) is 5.78 Å². The first kappa shape index (κ1) is 14.7. The molecule has 0 bridgehead atoms. The number of carbonyl (C=O) groups is 3. The van der Waals surface area contributed by atoms with Crippen molar-refractivity contribution in [2.24, 2.45) is 0 Å². The summed E-state index contributed by atoms with van der Waals surface area (Å²) in [4.78, 5) is 47.3. The lowest BCUT2D eigenvalue weighted by atomic mass is 10.1. The normalized spacial score (nSPS) is 12.9. The van der Waals surface area contributed by atoms with Crippen molar-refractivity contribution in [3.05, 3.63) is 57.4 Å². The second-order valence-electron chi connectivity index (χ2n) is 5.10. The quantitative estimate of drug-likeness (QED) is 0.646. The van der Waals surface area contributed by atoms with Gasteiger partial charge in [-0.1, -0.05) is 6.92 Å². The third kappa shape index (κ3) is 2.22. The Morgan fingerprint density at radius 1 is 1.13 bits per heavy atom. The molecule has 0 fully saturated rings. The Morgan fingerprint density at radius 3 is 2.39 bits per heavy atom. The summed E-state index contributed by atoms with van der Waals surface area (Å²) in [7, 11) is 0. The van der Waals surface area contributed by atoms with Crippen molar-refractivity contribution in [1.82, 2.24) is 9.88 Å². The van der Waals surface area contributed by atoms with Crippen LogP contribution in [0.25, 0.3) is 5.69 Å². The molecule has 116 valence electrons. The highest BCUT2D eigenvalue weighted by atomic mass is 16.2. The number of rotatable bonds is 3. The Bertz CT molecular complexity index is 910. The maximum atomic E-state index is 12.3. The zero-order valence-corrected chi connectivity index (χ0v) is 12.3. The number of benzene rings is 1. The molecule has 7 nitrogen and oxygen atoms in total. The summed E-state index contributed by atoms with van der Waals surface area (Å²) >= 11 is 0. The molecular weight excluding hydrogens is 298 g/mol. The zero-order chi connectivity index (χ0) is 16.7. The highest BCUT2D eigenvalue weighted by Crippen LogP contribution is 2.23. The van der Waals surface area contributed by atoms with Crippen LogP contribution >= 0.6 is 0 Å². The lowest BCUT2D eigenvalue weighted by Gasteiger charge is -2.12. The Hall–Kier alpha value is -3.22. The molecule has 23 heavy (non-hydrogen) atoms. The molecule has 1 aliphatic heterocycles. The average Bonchev–Trinajstić information content (AvgIpc) is 2.81. The number of aromatic nitrogens is 1. The molecule has 0 aliphatic carbocycles. The second-order valence-corrected chi connectivity index (χ2v) is 5.10. The van der Waals surface area contributed by atoms with E-state index >= 15 is 0 Å². The third-order valence-electron chi connectivity index (χ3n) is 3.72. The molecule has 3 rings (SSSR count). The molecule has 7 heteroatoms. The molecule has 0 atom stereocenters. The number of hydrogen-bond acceptors (Lipinski definition) is 5. The number of hydrogen-bond donors (Lipinski definition) is 2. The number of nitrogen functional groups attached to an aromatic ring is 1. The predicted molar refractivity (Wildman–Crippen MR) is 82.9 cm³/mol. The van der Waals surface area contributed by atoms with E-state index in [4.69, 9.17) is 5.73 Å². The maximum Gasteiger partial charge on any atom is 0.262 e. The van der Waals surface area contributed by atoms with Crippen LogP contribution in [0.15, 0.2) is 35.1 Å². The van der Waals surface area contributed by atoms with Crippen LogP contribution in [0.5, 0.6) is 0 Å². The summed E-state index contributed by atoms with van der Waals surface area (Å²) in [5.41, 5.74) is 6.30. The van der Waals surface area contributed by atoms with Gasteiger partial charge in [-0.15, -0.1) is 0 Å². The smallest absolute Gasteiger partial charge is 0.262 e. The summed E-state index contributed by atoms with van der Waals surface area (Å²) < 4.78 is 1.14. The number of ketones is 1. The van der Waals surface area contributed by atoms with E-state index in [-0.39, 0.29) is 22.7 Å². The number of nitrogens with two attached hydrogens (primary N) is 1. The summed E-state index contributed by atoms with van der Waals surface area (Å²) in [6.07, 6.45) is 0.378. The monoisotopic (exact) mass is 311 g/mol. The first-order valence-corrected chi connectivity index (χ1v) is 6.99. The number of amides is 2. The predicted octanol–water partition coefficient (Wildman–Crippen LogP) is 0.896. The lowest BCUT2D eigenvalue weighted by molar-refractivity contribution is 0.0878. The van der Waals surface area contributed by atoms with Crippen LogP contribution in [-0.4, -0.2) is 22.2 Å². The summed E-state index contributed by atoms with van der Waals surface area (Å²) in [6, 6.07) is 7.40. The fourth-order valence-corrected chi connectivity index (χ4v) is 2.55. The van der Waals surface area contributed by atoms with Crippen LogP contribution in [0.2, 0.25) is 0 Å². The Kier molecular flexibility index (Phi) is 3.33. The first-order valence-electron chi connectivity index (χ1n) is 6.99. The van der Waals surface area contributed by atoms with Crippen molar-refractivity contribution in [3.8, 4) is 5.69 Å². The van der Waals surface area contributed by atoms with Crippen LogP contribution in [0.3, 0.4) is 0 Å². The minimum atomic E-state index is -0.634. The fourth-order valence-electron chi connectivity index (χ4n) is 2.55. The lowest BCUT2D eigenvalue weighted by Crippen LogP contribution is -2.24. The molecule has 0 unspecified atom stereocenters. The van der Waals surface area contributed by atoms with Crippen LogP contribution < -0.4 is 16.6 Å². The van der Waals surface area contributed by atoms with Gasteiger partial charge in [0.05, 0.1) is 16.8 Å². The van der Waals surface area contributed by atoms with Gasteiger partial charge in [-0.25, -0.2) is 0 Å². The van der Waals surface area contributed by atoms with Crippen LogP contribution in [0, 0.1) is 0 Å². The van der Waals surface area contributed by atoms with Gasteiger partial charge in [-0.2, -0.15) is 0 Å². The second kappa shape index (κ2) is 5.20. The number of anilines is 1. The molecule has 0 spiro atoms. The molecule has 1 aromatic carbocycles. The molecule has 2 aromatic rings. The van der Waals surface area contributed by atoms with Crippen molar-refractivity contribution in [2.75, 3.05) is 5.73 Å². The van der Waals surface area contributed by atoms with E-state index in [9.17, 15) is 19.2 Å². The molecule has 2 heterocycles. The minimum absolute atomic E-state index is 0.0108. The van der Waals surface area contributed by atoms with Crippen molar-refractivity contribution < 1.29 is 14.4 Å². The van der Waals surface area contributed by atoms with E-state index in [1.807, 2.05) is 0 Å². The molecule has 1 aromatic heterocycles. The Balaban J connectivity index is 2.17. The van der Waals surface area contributed by atoms with Crippen LogP contribution in [0.1, 0.15) is 44.4 Å². The molecule has 0 radical (unpaired) electrons. The summed E-state index contributed by atoms with van der Waals surface area (Å²) in [6.45, 7) is 1.76. The standard InChI is InChI=1S/C16H13N3O4/c1-2-11(20)8-3-5-9(6-4-8)19-12(21)7-10-13(14(19)17)16(23)18-15(10)22/h3-7H,2,17H2,1H3,(H,18,22,23). The SMILES string of the molecule is CCC(=O)c1ccc(-n2c(N)c3c(cc2=O)C(=O)NC3=O)cc1. The average molecular weight is 311 g/mol. The highest BCUT2D eigenvalue weighted by molar-refractivity contribution is 6.23. The first-order chi connectivity index (χ1) is 10.9. The van der Waals surface area contributed by atoms with E-state index in [1.165, 1.54) is 0 Å². The van der Waals surface area contributed by atoms with Crippen molar-refractivity contribution in [2.45, 2.75) is 13.3 Å². The van der Waals surface area contributed by atoms with Gasteiger partial charge in [0.1, 0.15) is 5.82 Å². The fraction of sp³-hybridized carbons (Fsp3) is 0.125. The highest BCUT2D eigenvalue weighted by Gasteiger charge is 2.31. The van der Waals surface area contributed by atoms with Gasteiger partial charge >= 0.3 is 0 Å². The molecular formula is C16H13N3O4. The van der Waals surface area contributed by atoms with E-state index in [0.717, 1.165) is 10.6 Å². The molecule has 1 aliphatic rings. The van der Waals surface area contributed by atoms with Crippen LogP contribution in [0.4, 0.5) is 5.82 Å². The van der Waals surface area contributed by atoms with E-state index in [1.54, 1.807) is 31.2 Å². The topological polar surface area (TPSA) is 111 Å². The number of carbonyl (C=O) groups excluding carboxylic acids is 3. The van der Waals surface area contributed by atoms with Gasteiger partial charge in [-0.05, 0) is 24.3 Å². The number of nitrogens with one attached hydrogen (secondary N) is 1. The van der Waals surface area contributed by atoms with E-state index < -0.39 is 17.4 Å². The molecule has 0 saturated heterocycles. The van der Waals surface area contributed by atoms with Gasteiger partial charge in [0.2, 0.25) is 0 Å². The van der Waals surface area contributed by atoms with Crippen molar-refractivity contribution in [1.29, 1.82) is 0 Å². The Labute approximate surface area is 130 Å². The largest absolute Gasteiger partial charge is 0.384 e. The maximum absolute atomic E-state index is 12.3. The summed E-state index contributed by atoms with van der Waals surface area (Å²) in [5.74, 6) is -1.39. The van der Waals surface area contributed by atoms with Gasteiger partial charge in [0.25, 0.3) is 17.4 Å². The third-order valence-corrected chi connectivity index (χ3v) is 3.72. The number of imide groups is 1. The Morgan fingerprint density at radius 2 is 1.78 bits per heavy atom.